The summed E-state index contributed by atoms with van der Waals surface area (Å²) in [5, 5.41) is 5.62. The normalized spacial score (nSPS) is 16.8. The lowest BCUT2D eigenvalue weighted by atomic mass is 10.1. The quantitative estimate of drug-likeness (QED) is 0.457. The maximum atomic E-state index is 13.5. The fourth-order valence-electron chi connectivity index (χ4n) is 4.08. The first kappa shape index (κ1) is 26.4. The number of methoxy groups -OCH3 is 1. The predicted octanol–water partition coefficient (Wildman–Crippen LogP) is 4.11. The zero-order valence-electron chi connectivity index (χ0n) is 21.2. The van der Waals surface area contributed by atoms with E-state index >= 15 is 0 Å². The lowest BCUT2D eigenvalue weighted by Crippen LogP contribution is -2.43. The molecule has 0 aliphatic carbocycles. The van der Waals surface area contributed by atoms with Gasteiger partial charge in [0.05, 0.1) is 30.2 Å². The van der Waals surface area contributed by atoms with Gasteiger partial charge in [-0.05, 0) is 37.1 Å². The number of benzene rings is 2. The van der Waals surface area contributed by atoms with Gasteiger partial charge in [-0.3, -0.25) is 19.4 Å². The number of fused-ring (bicyclic) bond motifs is 3. The summed E-state index contributed by atoms with van der Waals surface area (Å²) in [5.41, 5.74) is 1.96. The van der Waals surface area contributed by atoms with Gasteiger partial charge in [-0.15, -0.1) is 0 Å². The summed E-state index contributed by atoms with van der Waals surface area (Å²) in [7, 11) is 1.55. The Hall–Kier alpha value is -3.66. The molecule has 0 radical (unpaired) electrons. The van der Waals surface area contributed by atoms with Gasteiger partial charge in [0.1, 0.15) is 17.6 Å². The second kappa shape index (κ2) is 12.1. The average Bonchev–Trinajstić information content (AvgIpc) is 3.23. The van der Waals surface area contributed by atoms with Crippen molar-refractivity contribution < 1.29 is 19.1 Å². The average molecular weight is 522 g/mol. The summed E-state index contributed by atoms with van der Waals surface area (Å²) in [4.78, 5) is 49.9. The van der Waals surface area contributed by atoms with E-state index in [1.807, 2.05) is 50.2 Å². The number of amidine groups is 2. The van der Waals surface area contributed by atoms with E-state index in [2.05, 4.69) is 15.6 Å². The number of hydrogen-bond donors (Lipinski definition) is 2. The molecule has 0 aromatic heterocycles. The molecule has 0 unspecified atom stereocenters. The van der Waals surface area contributed by atoms with Gasteiger partial charge in [-0.25, -0.2) is 9.89 Å². The highest BCUT2D eigenvalue weighted by Crippen LogP contribution is 2.36. The Morgan fingerprint density at radius 1 is 1.14 bits per heavy atom. The molecule has 0 saturated heterocycles. The molecular formula is C27H31N5O4S. The van der Waals surface area contributed by atoms with Crippen LogP contribution in [0, 0.1) is 0 Å². The van der Waals surface area contributed by atoms with Crippen LogP contribution in [0.3, 0.4) is 0 Å². The van der Waals surface area contributed by atoms with Gasteiger partial charge in [0, 0.05) is 12.1 Å². The number of para-hydroxylation sites is 3. The largest absolute Gasteiger partial charge is 0.495 e. The Morgan fingerprint density at radius 3 is 2.65 bits per heavy atom. The van der Waals surface area contributed by atoms with E-state index in [4.69, 9.17) is 9.73 Å². The van der Waals surface area contributed by atoms with Crippen molar-refractivity contribution in [1.82, 2.24) is 10.2 Å². The highest BCUT2D eigenvalue weighted by atomic mass is 32.2. The van der Waals surface area contributed by atoms with Gasteiger partial charge >= 0.3 is 0 Å². The Balaban J connectivity index is 1.56. The van der Waals surface area contributed by atoms with E-state index in [0.29, 0.717) is 41.1 Å². The van der Waals surface area contributed by atoms with Crippen LogP contribution in [0.4, 0.5) is 11.4 Å². The van der Waals surface area contributed by atoms with Gasteiger partial charge in [-0.2, -0.15) is 0 Å². The van der Waals surface area contributed by atoms with Gasteiger partial charge in [0.15, 0.2) is 5.17 Å². The van der Waals surface area contributed by atoms with Gasteiger partial charge in [-0.1, -0.05) is 56.3 Å². The van der Waals surface area contributed by atoms with E-state index in [1.165, 1.54) is 16.7 Å². The number of rotatable bonds is 10. The number of amides is 3. The van der Waals surface area contributed by atoms with Crippen LogP contribution in [0.15, 0.2) is 58.5 Å². The standard InChI is InChI=1S/C27H31N5O4S/c1-4-6-15-28-23(33)16-20-26(35)32-24(29-20)17-11-7-8-12-18(17)31-27(32)37-22(5-2)25(34)30-19-13-9-10-14-21(19)36-3/h7-14,20,22H,4-6,15-16H2,1-3H3,(H,28,33)(H,30,34)/t20-,22-/m1/s1. The minimum atomic E-state index is -0.837. The summed E-state index contributed by atoms with van der Waals surface area (Å²) in [6, 6.07) is 13.8. The van der Waals surface area contributed by atoms with Crippen LogP contribution in [-0.4, -0.2) is 58.6 Å². The third kappa shape index (κ3) is 5.85. The van der Waals surface area contributed by atoms with Crippen LogP contribution in [0.25, 0.3) is 0 Å². The van der Waals surface area contributed by atoms with Crippen molar-refractivity contribution in [3.8, 4) is 5.75 Å². The smallest absolute Gasteiger partial charge is 0.259 e. The second-order valence-electron chi connectivity index (χ2n) is 8.67. The van der Waals surface area contributed by atoms with E-state index in [1.54, 1.807) is 19.2 Å². The Labute approximate surface area is 220 Å². The molecule has 3 amide bonds. The fourth-order valence-corrected chi connectivity index (χ4v) is 5.10. The molecule has 0 bridgehead atoms. The predicted molar refractivity (Wildman–Crippen MR) is 147 cm³/mol. The topological polar surface area (TPSA) is 112 Å². The molecule has 2 aliphatic rings. The number of hydrogen-bond acceptors (Lipinski definition) is 7. The SMILES string of the molecule is CCCCNC(=O)C[C@H]1N=C2c3ccccc3N=C(S[C@H](CC)C(=O)Nc3ccccc3OC)N2C1=O. The molecular weight excluding hydrogens is 490 g/mol. The van der Waals surface area contributed by atoms with Crippen LogP contribution in [0.5, 0.6) is 5.75 Å². The maximum Gasteiger partial charge on any atom is 0.259 e. The number of thioether (sulfide) groups is 1. The van der Waals surface area contributed by atoms with Gasteiger partial charge < -0.3 is 15.4 Å². The van der Waals surface area contributed by atoms with Crippen molar-refractivity contribution in [1.29, 1.82) is 0 Å². The number of anilines is 1. The lowest BCUT2D eigenvalue weighted by Gasteiger charge is -2.27. The molecule has 0 fully saturated rings. The molecule has 0 spiro atoms. The Morgan fingerprint density at radius 2 is 1.89 bits per heavy atom. The number of nitrogens with one attached hydrogen (secondary N) is 2. The summed E-state index contributed by atoms with van der Waals surface area (Å²) in [5.74, 6) is 0.267. The molecule has 2 aromatic rings. The third-order valence-electron chi connectivity index (χ3n) is 6.05. The van der Waals surface area contributed by atoms with Crippen molar-refractivity contribution in [3.05, 3.63) is 54.1 Å². The van der Waals surface area contributed by atoms with E-state index in [9.17, 15) is 14.4 Å². The fraction of sp³-hybridized carbons (Fsp3) is 0.370. The molecule has 9 nitrogen and oxygen atoms in total. The number of carbonyl (C=O) groups excluding carboxylic acids is 3. The Bertz CT molecular complexity index is 1240. The van der Waals surface area contributed by atoms with E-state index in [-0.39, 0.29) is 24.1 Å². The molecule has 2 aromatic carbocycles. The number of ether oxygens (including phenoxy) is 1. The van der Waals surface area contributed by atoms with Crippen molar-refractivity contribution >= 4 is 51.9 Å². The second-order valence-corrected chi connectivity index (χ2v) is 9.84. The van der Waals surface area contributed by atoms with Crippen molar-refractivity contribution in [2.45, 2.75) is 50.8 Å². The molecule has 37 heavy (non-hydrogen) atoms. The van der Waals surface area contributed by atoms with Gasteiger partial charge in [0.25, 0.3) is 5.91 Å². The zero-order chi connectivity index (χ0) is 26.4. The number of aliphatic imine (C=N–C) groups is 2. The van der Waals surface area contributed by atoms with Crippen LogP contribution in [0.1, 0.15) is 45.1 Å². The third-order valence-corrected chi connectivity index (χ3v) is 7.37. The monoisotopic (exact) mass is 521 g/mol. The highest BCUT2D eigenvalue weighted by molar-refractivity contribution is 8.15. The number of unbranched alkanes of at least 4 members (excludes halogenated alkanes) is 1. The summed E-state index contributed by atoms with van der Waals surface area (Å²) < 4.78 is 5.35. The summed E-state index contributed by atoms with van der Waals surface area (Å²) in [6.07, 6.45) is 2.31. The molecule has 2 aliphatic heterocycles. The zero-order valence-corrected chi connectivity index (χ0v) is 22.0. The first-order valence-electron chi connectivity index (χ1n) is 12.4. The molecule has 10 heteroatoms. The van der Waals surface area contributed by atoms with Crippen LogP contribution in [0.2, 0.25) is 0 Å². The van der Waals surface area contributed by atoms with Gasteiger partial charge in [0.2, 0.25) is 11.8 Å². The minimum Gasteiger partial charge on any atom is -0.495 e. The minimum absolute atomic E-state index is 0.0336. The first-order chi connectivity index (χ1) is 18.0. The van der Waals surface area contributed by atoms with E-state index < -0.39 is 11.3 Å². The van der Waals surface area contributed by atoms with Crippen LogP contribution < -0.4 is 15.4 Å². The summed E-state index contributed by atoms with van der Waals surface area (Å²) >= 11 is 1.21. The van der Waals surface area contributed by atoms with Crippen molar-refractivity contribution in [2.24, 2.45) is 9.98 Å². The lowest BCUT2D eigenvalue weighted by molar-refractivity contribution is -0.128. The molecule has 2 atom stereocenters. The van der Waals surface area contributed by atoms with Crippen molar-refractivity contribution in [2.75, 3.05) is 19.0 Å². The highest BCUT2D eigenvalue weighted by Gasteiger charge is 2.43. The Kier molecular flexibility index (Phi) is 8.60. The van der Waals surface area contributed by atoms with Crippen molar-refractivity contribution in [3.63, 3.8) is 0 Å². The number of carbonyl (C=O) groups is 3. The molecule has 2 N–H and O–H groups in total. The molecule has 4 rings (SSSR count). The van der Waals surface area contributed by atoms with Crippen LogP contribution in [-0.2, 0) is 14.4 Å². The van der Waals surface area contributed by atoms with Crippen LogP contribution >= 0.6 is 11.8 Å². The summed E-state index contributed by atoms with van der Waals surface area (Å²) in [6.45, 7) is 4.52. The molecule has 0 saturated carbocycles. The van der Waals surface area contributed by atoms with E-state index in [0.717, 1.165) is 18.4 Å². The maximum absolute atomic E-state index is 13.5. The molecule has 2 heterocycles. The molecule has 194 valence electrons. The number of nitrogens with zero attached hydrogens (tertiary/aromatic N) is 3. The first-order valence-corrected chi connectivity index (χ1v) is 13.3.